The van der Waals surface area contributed by atoms with Crippen molar-refractivity contribution in [3.05, 3.63) is 89.2 Å². The molecular formula is C22H18FNOS. The van der Waals surface area contributed by atoms with Gasteiger partial charge >= 0.3 is 0 Å². The van der Waals surface area contributed by atoms with Crippen molar-refractivity contribution in [1.82, 2.24) is 0 Å². The summed E-state index contributed by atoms with van der Waals surface area (Å²) < 4.78 is 13.3. The molecule has 2 nitrogen and oxygen atoms in total. The maximum Gasteiger partial charge on any atom is 0.124 e. The SMILES string of the molecule is Cc1ccc(O)c(C2=Nc3ccccc3SC(c3ccc(F)cc3)C2)c1. The van der Waals surface area contributed by atoms with Gasteiger partial charge in [-0.15, -0.1) is 11.8 Å². The minimum Gasteiger partial charge on any atom is -0.507 e. The first-order valence-electron chi connectivity index (χ1n) is 8.49. The molecule has 3 aromatic carbocycles. The molecule has 4 heteroatoms. The van der Waals surface area contributed by atoms with Crippen molar-refractivity contribution in [3.8, 4) is 5.75 Å². The molecule has 0 aliphatic carbocycles. The maximum atomic E-state index is 13.3. The second-order valence-electron chi connectivity index (χ2n) is 6.41. The van der Waals surface area contributed by atoms with E-state index < -0.39 is 0 Å². The zero-order chi connectivity index (χ0) is 18.1. The first-order valence-corrected chi connectivity index (χ1v) is 9.37. The lowest BCUT2D eigenvalue weighted by Gasteiger charge is -2.16. The fourth-order valence-corrected chi connectivity index (χ4v) is 4.36. The number of rotatable bonds is 2. The summed E-state index contributed by atoms with van der Waals surface area (Å²) in [5, 5.41) is 10.5. The van der Waals surface area contributed by atoms with Crippen LogP contribution < -0.4 is 0 Å². The van der Waals surface area contributed by atoms with Crippen molar-refractivity contribution < 1.29 is 9.50 Å². The van der Waals surface area contributed by atoms with Crippen molar-refractivity contribution in [3.63, 3.8) is 0 Å². The number of aryl methyl sites for hydroxylation is 1. The minimum absolute atomic E-state index is 0.0953. The molecular weight excluding hydrogens is 345 g/mol. The van der Waals surface area contributed by atoms with Gasteiger partial charge in [0.1, 0.15) is 11.6 Å². The molecule has 0 spiro atoms. The van der Waals surface area contributed by atoms with Crippen molar-refractivity contribution in [2.24, 2.45) is 4.99 Å². The Bertz CT molecular complexity index is 982. The average molecular weight is 363 g/mol. The van der Waals surface area contributed by atoms with E-state index in [9.17, 15) is 9.50 Å². The van der Waals surface area contributed by atoms with Crippen LogP contribution in [0.15, 0.2) is 76.6 Å². The number of phenolic OH excluding ortho intramolecular Hbond substituents is 1. The van der Waals surface area contributed by atoms with Crippen LogP contribution in [-0.2, 0) is 0 Å². The Hall–Kier alpha value is -2.59. The summed E-state index contributed by atoms with van der Waals surface area (Å²) >= 11 is 1.73. The maximum absolute atomic E-state index is 13.3. The lowest BCUT2D eigenvalue weighted by molar-refractivity contribution is 0.474. The molecule has 0 radical (unpaired) electrons. The molecule has 0 amide bonds. The highest BCUT2D eigenvalue weighted by Gasteiger charge is 2.23. The number of hydrogen-bond donors (Lipinski definition) is 1. The molecule has 1 N–H and O–H groups in total. The third-order valence-corrected chi connectivity index (χ3v) is 5.80. The number of thioether (sulfide) groups is 1. The Balaban J connectivity index is 1.83. The van der Waals surface area contributed by atoms with Crippen LogP contribution in [0.3, 0.4) is 0 Å². The Morgan fingerprint density at radius 2 is 1.81 bits per heavy atom. The number of hydrogen-bond acceptors (Lipinski definition) is 3. The third-order valence-electron chi connectivity index (χ3n) is 4.47. The number of halogens is 1. The standard InChI is InChI=1S/C22H18FNOS/c1-14-6-11-20(25)17(12-14)19-13-22(15-7-9-16(23)10-8-15)26-21-5-3-2-4-18(21)24-19/h2-12,22,25H,13H2,1H3. The van der Waals surface area contributed by atoms with Crippen LogP contribution in [0.1, 0.15) is 28.4 Å². The predicted molar refractivity (Wildman–Crippen MR) is 105 cm³/mol. The van der Waals surface area contributed by atoms with E-state index in [1.165, 1.54) is 12.1 Å². The summed E-state index contributed by atoms with van der Waals surface area (Å²) in [4.78, 5) is 5.95. The van der Waals surface area contributed by atoms with Gasteiger partial charge < -0.3 is 5.11 Å². The number of para-hydroxylation sites is 1. The van der Waals surface area contributed by atoms with E-state index in [-0.39, 0.29) is 16.8 Å². The topological polar surface area (TPSA) is 32.6 Å². The Morgan fingerprint density at radius 3 is 2.62 bits per heavy atom. The second-order valence-corrected chi connectivity index (χ2v) is 7.65. The first-order chi connectivity index (χ1) is 12.6. The lowest BCUT2D eigenvalue weighted by atomic mass is 9.99. The zero-order valence-electron chi connectivity index (χ0n) is 14.3. The third kappa shape index (κ3) is 3.37. The van der Waals surface area contributed by atoms with Crippen molar-refractivity contribution in [2.45, 2.75) is 23.5 Å². The molecule has 1 heterocycles. The summed E-state index contributed by atoms with van der Waals surface area (Å²) in [6, 6.07) is 20.2. The summed E-state index contributed by atoms with van der Waals surface area (Å²) in [6.45, 7) is 2.00. The largest absolute Gasteiger partial charge is 0.507 e. The molecule has 130 valence electrons. The molecule has 0 aromatic heterocycles. The van der Waals surface area contributed by atoms with Crippen LogP contribution in [0.2, 0.25) is 0 Å². The van der Waals surface area contributed by atoms with E-state index in [0.717, 1.165) is 33.0 Å². The van der Waals surface area contributed by atoms with Crippen LogP contribution in [-0.4, -0.2) is 10.8 Å². The van der Waals surface area contributed by atoms with E-state index in [4.69, 9.17) is 4.99 Å². The van der Waals surface area contributed by atoms with Gasteiger partial charge in [0.15, 0.2) is 0 Å². The van der Waals surface area contributed by atoms with Crippen LogP contribution >= 0.6 is 11.8 Å². The smallest absolute Gasteiger partial charge is 0.124 e. The monoisotopic (exact) mass is 363 g/mol. The fraction of sp³-hybridized carbons (Fsp3) is 0.136. The molecule has 0 fully saturated rings. The average Bonchev–Trinajstić information content (AvgIpc) is 2.84. The molecule has 0 saturated carbocycles. The number of nitrogens with zero attached hydrogens (tertiary/aromatic N) is 1. The Kier molecular flexibility index (Phi) is 4.51. The minimum atomic E-state index is -0.238. The van der Waals surface area contributed by atoms with Crippen LogP contribution in [0.4, 0.5) is 10.1 Å². The van der Waals surface area contributed by atoms with Gasteiger partial charge in [0.25, 0.3) is 0 Å². The van der Waals surface area contributed by atoms with Gasteiger partial charge in [-0.1, -0.05) is 35.9 Å². The van der Waals surface area contributed by atoms with E-state index in [0.29, 0.717) is 6.42 Å². The summed E-state index contributed by atoms with van der Waals surface area (Å²) in [6.07, 6.45) is 0.655. The number of benzene rings is 3. The lowest BCUT2D eigenvalue weighted by Crippen LogP contribution is -2.06. The number of aromatic hydroxyl groups is 1. The van der Waals surface area contributed by atoms with Gasteiger partial charge in [-0.2, -0.15) is 0 Å². The normalized spacial score (nSPS) is 16.5. The van der Waals surface area contributed by atoms with Crippen molar-refractivity contribution >= 4 is 23.2 Å². The molecule has 26 heavy (non-hydrogen) atoms. The van der Waals surface area contributed by atoms with E-state index >= 15 is 0 Å². The highest BCUT2D eigenvalue weighted by Crippen LogP contribution is 2.46. The van der Waals surface area contributed by atoms with Gasteiger partial charge in [-0.3, -0.25) is 4.99 Å². The van der Waals surface area contributed by atoms with Crippen LogP contribution in [0.25, 0.3) is 0 Å². The second kappa shape index (κ2) is 6.96. The zero-order valence-corrected chi connectivity index (χ0v) is 15.1. The summed E-state index contributed by atoms with van der Waals surface area (Å²) in [7, 11) is 0. The van der Waals surface area contributed by atoms with Crippen LogP contribution in [0, 0.1) is 12.7 Å². The molecule has 4 rings (SSSR count). The van der Waals surface area contributed by atoms with Gasteiger partial charge in [0, 0.05) is 22.1 Å². The van der Waals surface area contributed by atoms with Crippen molar-refractivity contribution in [1.29, 1.82) is 0 Å². The molecule has 1 unspecified atom stereocenters. The van der Waals surface area contributed by atoms with E-state index in [1.807, 2.05) is 49.4 Å². The molecule has 1 atom stereocenters. The number of phenols is 1. The Morgan fingerprint density at radius 1 is 1.04 bits per heavy atom. The molecule has 3 aromatic rings. The summed E-state index contributed by atoms with van der Waals surface area (Å²) in [5.41, 5.74) is 4.63. The van der Waals surface area contributed by atoms with E-state index in [1.54, 1.807) is 17.8 Å². The van der Waals surface area contributed by atoms with Gasteiger partial charge in [-0.05, 0) is 48.9 Å². The van der Waals surface area contributed by atoms with Crippen LogP contribution in [0.5, 0.6) is 5.75 Å². The molecule has 0 saturated heterocycles. The van der Waals surface area contributed by atoms with Crippen molar-refractivity contribution in [2.75, 3.05) is 0 Å². The number of fused-ring (bicyclic) bond motifs is 1. The predicted octanol–water partition coefficient (Wildman–Crippen LogP) is 6.20. The summed E-state index contributed by atoms with van der Waals surface area (Å²) in [5.74, 6) is -0.00502. The van der Waals surface area contributed by atoms with Gasteiger partial charge in [0.05, 0.1) is 11.4 Å². The Labute approximate surface area is 156 Å². The first kappa shape index (κ1) is 16.9. The highest BCUT2D eigenvalue weighted by molar-refractivity contribution is 7.99. The number of aliphatic imine (C=N–C) groups is 1. The molecule has 0 bridgehead atoms. The van der Waals surface area contributed by atoms with Gasteiger partial charge in [0.2, 0.25) is 0 Å². The highest BCUT2D eigenvalue weighted by atomic mass is 32.2. The molecule has 1 aliphatic rings. The quantitative estimate of drug-likeness (QED) is 0.588. The van der Waals surface area contributed by atoms with Gasteiger partial charge in [-0.25, -0.2) is 4.39 Å². The van der Waals surface area contributed by atoms with E-state index in [2.05, 4.69) is 6.07 Å². The molecule has 1 aliphatic heterocycles. The fourth-order valence-electron chi connectivity index (χ4n) is 3.13.